The van der Waals surface area contributed by atoms with Gasteiger partial charge in [0.1, 0.15) is 12.4 Å². The minimum absolute atomic E-state index is 0.0603. The van der Waals surface area contributed by atoms with E-state index in [0.717, 1.165) is 17.7 Å². The Morgan fingerprint density at radius 3 is 3.22 bits per heavy atom. The van der Waals surface area contributed by atoms with Gasteiger partial charge < -0.3 is 9.47 Å². The molecule has 7 nitrogen and oxygen atoms in total. The van der Waals surface area contributed by atoms with Gasteiger partial charge in [-0.15, -0.1) is 5.10 Å². The third kappa shape index (κ3) is 3.61. The van der Waals surface area contributed by atoms with Crippen LogP contribution in [-0.2, 0) is 29.1 Å². The van der Waals surface area contributed by atoms with Crippen LogP contribution in [-0.4, -0.2) is 32.8 Å². The lowest BCUT2D eigenvalue weighted by Crippen LogP contribution is -2.30. The number of aromatic nitrogens is 4. The molecule has 0 N–H and O–H groups in total. The smallest absolute Gasteiger partial charge is 0.313 e. The van der Waals surface area contributed by atoms with E-state index < -0.39 is 0 Å². The van der Waals surface area contributed by atoms with Gasteiger partial charge in [0, 0.05) is 11.6 Å². The summed E-state index contributed by atoms with van der Waals surface area (Å²) >= 11 is 5.98. The van der Waals surface area contributed by atoms with Crippen LogP contribution in [0.25, 0.3) is 0 Å². The molecule has 0 saturated carbocycles. The summed E-state index contributed by atoms with van der Waals surface area (Å²) in [5.74, 6) is 0.642. The predicted octanol–water partition coefficient (Wildman–Crippen LogP) is 2.03. The Kier molecular flexibility index (Phi) is 4.76. The second kappa shape index (κ2) is 6.95. The molecule has 0 amide bonds. The molecular weight excluding hydrogens is 320 g/mol. The molecule has 0 spiro atoms. The standard InChI is InChI=1S/C15H17ClN4O3/c1-2-5-20-14(17-18-19-20)9-23-15(21)11-6-10-7-12(16)3-4-13(10)22-8-11/h3-4,7,11H,2,5-6,8-9H2,1H3/t11-/m0/s1. The first-order valence-electron chi connectivity index (χ1n) is 7.50. The fourth-order valence-corrected chi connectivity index (χ4v) is 2.67. The van der Waals surface area contributed by atoms with Crippen molar-refractivity contribution in [1.29, 1.82) is 0 Å². The van der Waals surface area contributed by atoms with Gasteiger partial charge in [-0.2, -0.15) is 0 Å². The number of rotatable bonds is 5. The topological polar surface area (TPSA) is 79.1 Å². The summed E-state index contributed by atoms with van der Waals surface area (Å²) in [5, 5.41) is 12.0. The highest BCUT2D eigenvalue weighted by atomic mass is 35.5. The fraction of sp³-hybridized carbons (Fsp3) is 0.467. The zero-order chi connectivity index (χ0) is 16.2. The highest BCUT2D eigenvalue weighted by Gasteiger charge is 2.27. The van der Waals surface area contributed by atoms with E-state index in [4.69, 9.17) is 21.1 Å². The SMILES string of the molecule is CCCn1nnnc1COC(=O)[C@@H]1COc2ccc(Cl)cc2C1. The largest absolute Gasteiger partial charge is 0.492 e. The second-order valence-corrected chi connectivity index (χ2v) is 5.83. The predicted molar refractivity (Wildman–Crippen MR) is 82.0 cm³/mol. The van der Waals surface area contributed by atoms with E-state index in [-0.39, 0.29) is 18.5 Å². The number of tetrazole rings is 1. The van der Waals surface area contributed by atoms with Gasteiger partial charge in [-0.3, -0.25) is 4.79 Å². The minimum Gasteiger partial charge on any atom is -0.492 e. The molecule has 1 aliphatic rings. The van der Waals surface area contributed by atoms with E-state index in [1.54, 1.807) is 10.7 Å². The van der Waals surface area contributed by atoms with Crippen molar-refractivity contribution in [2.75, 3.05) is 6.61 Å². The molecule has 0 radical (unpaired) electrons. The number of aryl methyl sites for hydroxylation is 1. The van der Waals surface area contributed by atoms with Crippen LogP contribution in [0.3, 0.4) is 0 Å². The van der Waals surface area contributed by atoms with Gasteiger partial charge in [0.05, 0.1) is 5.92 Å². The van der Waals surface area contributed by atoms with Crippen LogP contribution in [0.15, 0.2) is 18.2 Å². The van der Waals surface area contributed by atoms with Crippen LogP contribution < -0.4 is 4.74 Å². The molecule has 23 heavy (non-hydrogen) atoms. The highest BCUT2D eigenvalue weighted by molar-refractivity contribution is 6.30. The quantitative estimate of drug-likeness (QED) is 0.777. The molecule has 0 aliphatic carbocycles. The normalized spacial score (nSPS) is 16.5. The number of ether oxygens (including phenoxy) is 2. The van der Waals surface area contributed by atoms with Crippen LogP contribution in [0, 0.1) is 5.92 Å². The first kappa shape index (κ1) is 15.7. The number of hydrogen-bond donors (Lipinski definition) is 0. The molecule has 1 aromatic heterocycles. The summed E-state index contributed by atoms with van der Waals surface area (Å²) in [4.78, 5) is 12.2. The summed E-state index contributed by atoms with van der Waals surface area (Å²) in [6.45, 7) is 3.08. The molecule has 1 atom stereocenters. The monoisotopic (exact) mass is 336 g/mol. The van der Waals surface area contributed by atoms with Gasteiger partial charge in [0.25, 0.3) is 0 Å². The zero-order valence-corrected chi connectivity index (χ0v) is 13.5. The zero-order valence-electron chi connectivity index (χ0n) is 12.7. The maximum absolute atomic E-state index is 12.2. The van der Waals surface area contributed by atoms with E-state index in [1.165, 1.54) is 0 Å². The van der Waals surface area contributed by atoms with Crippen LogP contribution in [0.2, 0.25) is 5.02 Å². The Balaban J connectivity index is 1.60. The van der Waals surface area contributed by atoms with E-state index in [0.29, 0.717) is 30.4 Å². The van der Waals surface area contributed by atoms with E-state index in [2.05, 4.69) is 15.5 Å². The van der Waals surface area contributed by atoms with E-state index in [1.807, 2.05) is 19.1 Å². The van der Waals surface area contributed by atoms with E-state index >= 15 is 0 Å². The van der Waals surface area contributed by atoms with Crippen LogP contribution in [0.4, 0.5) is 0 Å². The molecule has 1 aromatic carbocycles. The Morgan fingerprint density at radius 1 is 1.52 bits per heavy atom. The Bertz CT molecular complexity index is 704. The number of carbonyl (C=O) groups excluding carboxylic acids is 1. The van der Waals surface area contributed by atoms with Gasteiger partial charge in [0.2, 0.25) is 0 Å². The summed E-state index contributed by atoms with van der Waals surface area (Å²) in [6, 6.07) is 5.41. The van der Waals surface area contributed by atoms with E-state index in [9.17, 15) is 4.79 Å². The third-order valence-corrected chi connectivity index (χ3v) is 3.88. The molecule has 1 aliphatic heterocycles. The number of carbonyl (C=O) groups is 1. The van der Waals surface area contributed by atoms with Crippen LogP contribution in [0.1, 0.15) is 24.7 Å². The van der Waals surface area contributed by atoms with Gasteiger partial charge >= 0.3 is 5.97 Å². The minimum atomic E-state index is -0.350. The van der Waals surface area contributed by atoms with Crippen molar-refractivity contribution >= 4 is 17.6 Å². The maximum atomic E-state index is 12.2. The Labute approximate surface area is 138 Å². The van der Waals surface area contributed by atoms with Crippen molar-refractivity contribution in [2.24, 2.45) is 5.92 Å². The number of fused-ring (bicyclic) bond motifs is 1. The summed E-state index contributed by atoms with van der Waals surface area (Å²) in [7, 11) is 0. The Morgan fingerprint density at radius 2 is 2.39 bits per heavy atom. The molecule has 8 heteroatoms. The molecule has 2 heterocycles. The van der Waals surface area contributed by atoms with Crippen molar-refractivity contribution in [3.8, 4) is 5.75 Å². The number of esters is 1. The average molecular weight is 337 g/mol. The third-order valence-electron chi connectivity index (χ3n) is 3.65. The highest BCUT2D eigenvalue weighted by Crippen LogP contribution is 2.30. The average Bonchev–Trinajstić information content (AvgIpc) is 2.99. The van der Waals surface area contributed by atoms with Crippen molar-refractivity contribution in [3.63, 3.8) is 0 Å². The molecular formula is C15H17ClN4O3. The molecule has 0 bridgehead atoms. The Hall–Kier alpha value is -2.15. The molecule has 2 aromatic rings. The maximum Gasteiger partial charge on any atom is 0.313 e. The fourth-order valence-electron chi connectivity index (χ4n) is 2.48. The first-order chi connectivity index (χ1) is 11.2. The number of hydrogen-bond acceptors (Lipinski definition) is 6. The van der Waals surface area contributed by atoms with Crippen LogP contribution in [0.5, 0.6) is 5.75 Å². The van der Waals surface area contributed by atoms with Crippen molar-refractivity contribution in [1.82, 2.24) is 20.2 Å². The second-order valence-electron chi connectivity index (χ2n) is 5.39. The van der Waals surface area contributed by atoms with Crippen molar-refractivity contribution in [3.05, 3.63) is 34.6 Å². The lowest BCUT2D eigenvalue weighted by Gasteiger charge is -2.24. The lowest BCUT2D eigenvalue weighted by molar-refractivity contribution is -0.151. The molecule has 0 fully saturated rings. The summed E-state index contributed by atoms with van der Waals surface area (Å²) in [6.07, 6.45) is 1.45. The van der Waals surface area contributed by atoms with Gasteiger partial charge in [-0.1, -0.05) is 18.5 Å². The molecule has 0 saturated heterocycles. The number of halogens is 1. The number of benzene rings is 1. The van der Waals surface area contributed by atoms with Gasteiger partial charge in [0.15, 0.2) is 12.4 Å². The molecule has 3 rings (SSSR count). The number of nitrogens with zero attached hydrogens (tertiary/aromatic N) is 4. The first-order valence-corrected chi connectivity index (χ1v) is 7.88. The van der Waals surface area contributed by atoms with Crippen molar-refractivity contribution < 1.29 is 14.3 Å². The summed E-state index contributed by atoms with van der Waals surface area (Å²) in [5.41, 5.74) is 0.918. The van der Waals surface area contributed by atoms with Gasteiger partial charge in [-0.05, 0) is 47.0 Å². The van der Waals surface area contributed by atoms with Crippen molar-refractivity contribution in [2.45, 2.75) is 32.9 Å². The summed E-state index contributed by atoms with van der Waals surface area (Å²) < 4.78 is 12.6. The van der Waals surface area contributed by atoms with Gasteiger partial charge in [-0.25, -0.2) is 4.68 Å². The lowest BCUT2D eigenvalue weighted by atomic mass is 9.97. The molecule has 0 unspecified atom stereocenters. The van der Waals surface area contributed by atoms with Crippen LogP contribution >= 0.6 is 11.6 Å². The molecule has 122 valence electrons.